The van der Waals surface area contributed by atoms with Crippen molar-refractivity contribution in [2.45, 2.75) is 13.8 Å². The van der Waals surface area contributed by atoms with E-state index in [1.807, 2.05) is 35.9 Å². The van der Waals surface area contributed by atoms with Gasteiger partial charge in [-0.3, -0.25) is 9.78 Å². The fourth-order valence-electron chi connectivity index (χ4n) is 3.19. The molecule has 2 N–H and O–H groups in total. The molecule has 3 rings (SSSR count). The third kappa shape index (κ3) is 3.96. The summed E-state index contributed by atoms with van der Waals surface area (Å²) in [6, 6.07) is 9.11. The standard InChI is InChI=1S/C19H21N3O4S2.H2O/c1-4-27(24)22(28(25,26)5-2)15-10-14(11-20-12-15)19-17(13-23)16-8-6-7-9-18(16)21(19)3;/h6-13H,4-5H2,1-3H3;1H2. The van der Waals surface area contributed by atoms with Crippen LogP contribution in [0.25, 0.3) is 22.2 Å². The van der Waals surface area contributed by atoms with Gasteiger partial charge in [0.1, 0.15) is 11.0 Å². The Balaban J connectivity index is 0.00000300. The molecule has 2 heterocycles. The number of rotatable bonds is 7. The first-order valence-electron chi connectivity index (χ1n) is 8.75. The number of aromatic nitrogens is 2. The molecule has 10 heteroatoms. The Kier molecular flexibility index (Phi) is 6.93. The van der Waals surface area contributed by atoms with E-state index in [0.29, 0.717) is 16.8 Å². The smallest absolute Gasteiger partial charge is 0.246 e. The largest absolute Gasteiger partial charge is 0.412 e. The van der Waals surface area contributed by atoms with Gasteiger partial charge in [-0.25, -0.2) is 12.6 Å². The highest BCUT2D eigenvalue weighted by atomic mass is 32.3. The molecule has 29 heavy (non-hydrogen) atoms. The SMILES string of the molecule is CCS(=O)N(c1cncc(-c2c(C=O)c3ccccc3n2C)c1)S(=O)(=O)CC.O. The lowest BCUT2D eigenvalue weighted by molar-refractivity contribution is 0.112. The maximum atomic E-state index is 12.5. The van der Waals surface area contributed by atoms with E-state index >= 15 is 0 Å². The van der Waals surface area contributed by atoms with E-state index in [-0.39, 0.29) is 22.7 Å². The van der Waals surface area contributed by atoms with Gasteiger partial charge in [-0.15, -0.1) is 0 Å². The van der Waals surface area contributed by atoms with Crippen molar-refractivity contribution in [3.8, 4) is 11.3 Å². The average molecular weight is 438 g/mol. The minimum atomic E-state index is -3.76. The molecule has 0 bridgehead atoms. The minimum absolute atomic E-state index is 0. The summed E-state index contributed by atoms with van der Waals surface area (Å²) >= 11 is 0. The Labute approximate surface area is 172 Å². The van der Waals surface area contributed by atoms with Crippen LogP contribution >= 0.6 is 0 Å². The minimum Gasteiger partial charge on any atom is -0.412 e. The molecule has 0 amide bonds. The van der Waals surface area contributed by atoms with Crippen molar-refractivity contribution in [1.82, 2.24) is 9.55 Å². The number of pyridine rings is 1. The van der Waals surface area contributed by atoms with Crippen molar-refractivity contribution in [3.05, 3.63) is 48.3 Å². The number of sulfonamides is 1. The quantitative estimate of drug-likeness (QED) is 0.524. The summed E-state index contributed by atoms with van der Waals surface area (Å²) in [6.45, 7) is 3.15. The zero-order valence-electron chi connectivity index (χ0n) is 16.3. The van der Waals surface area contributed by atoms with Crippen LogP contribution in [0.5, 0.6) is 0 Å². The summed E-state index contributed by atoms with van der Waals surface area (Å²) in [7, 11) is -3.67. The van der Waals surface area contributed by atoms with Gasteiger partial charge in [0.25, 0.3) is 0 Å². The Bertz CT molecular complexity index is 1170. The Morgan fingerprint density at radius 3 is 2.52 bits per heavy atom. The number of aryl methyl sites for hydroxylation is 1. The van der Waals surface area contributed by atoms with Crippen LogP contribution in [0.2, 0.25) is 0 Å². The maximum Gasteiger partial charge on any atom is 0.246 e. The van der Waals surface area contributed by atoms with E-state index in [0.717, 1.165) is 20.9 Å². The second-order valence-corrected chi connectivity index (χ2v) is 10.0. The number of para-hydroxylation sites is 1. The predicted octanol–water partition coefficient (Wildman–Crippen LogP) is 2.07. The van der Waals surface area contributed by atoms with Gasteiger partial charge in [0.15, 0.2) is 6.29 Å². The topological polar surface area (TPSA) is 121 Å². The van der Waals surface area contributed by atoms with E-state index in [2.05, 4.69) is 4.98 Å². The molecule has 1 unspecified atom stereocenters. The normalized spacial score (nSPS) is 12.4. The van der Waals surface area contributed by atoms with E-state index in [1.165, 1.54) is 13.1 Å². The molecule has 0 spiro atoms. The molecule has 8 nitrogen and oxygen atoms in total. The average Bonchev–Trinajstić information content (AvgIpc) is 3.00. The molecule has 156 valence electrons. The highest BCUT2D eigenvalue weighted by molar-refractivity contribution is 8.07. The first-order valence-corrected chi connectivity index (χ1v) is 11.6. The molecule has 0 fully saturated rings. The molecule has 0 aliphatic carbocycles. The lowest BCUT2D eigenvalue weighted by Crippen LogP contribution is -2.35. The predicted molar refractivity (Wildman–Crippen MR) is 116 cm³/mol. The molecule has 3 aromatic rings. The van der Waals surface area contributed by atoms with Crippen LogP contribution in [0.3, 0.4) is 0 Å². The van der Waals surface area contributed by atoms with Crippen LogP contribution in [0, 0.1) is 0 Å². The van der Waals surface area contributed by atoms with Crippen LogP contribution in [0.1, 0.15) is 24.2 Å². The molecule has 0 saturated heterocycles. The molecule has 0 aliphatic heterocycles. The van der Waals surface area contributed by atoms with Crippen LogP contribution in [-0.2, 0) is 28.1 Å². The molecule has 2 aromatic heterocycles. The first kappa shape index (κ1) is 22.7. The fourth-order valence-corrected chi connectivity index (χ4v) is 6.06. The van der Waals surface area contributed by atoms with Gasteiger partial charge in [0, 0.05) is 41.0 Å². The Morgan fingerprint density at radius 1 is 1.21 bits per heavy atom. The zero-order chi connectivity index (χ0) is 20.5. The van der Waals surface area contributed by atoms with Crippen molar-refractivity contribution in [1.29, 1.82) is 0 Å². The number of carbonyl (C=O) groups is 1. The number of nitrogens with zero attached hydrogens (tertiary/aromatic N) is 3. The highest BCUT2D eigenvalue weighted by Gasteiger charge is 2.27. The summed E-state index contributed by atoms with van der Waals surface area (Å²) in [5, 5.41) is 0.801. The first-order chi connectivity index (χ1) is 13.4. The van der Waals surface area contributed by atoms with Crippen LogP contribution < -0.4 is 3.71 Å². The van der Waals surface area contributed by atoms with Crippen molar-refractivity contribution in [2.24, 2.45) is 7.05 Å². The van der Waals surface area contributed by atoms with Gasteiger partial charge in [-0.1, -0.05) is 25.1 Å². The third-order valence-corrected chi connectivity index (χ3v) is 8.22. The van der Waals surface area contributed by atoms with Crippen molar-refractivity contribution >= 4 is 43.9 Å². The highest BCUT2D eigenvalue weighted by Crippen LogP contribution is 2.33. The van der Waals surface area contributed by atoms with E-state index < -0.39 is 21.0 Å². The van der Waals surface area contributed by atoms with Crippen molar-refractivity contribution in [3.63, 3.8) is 0 Å². The summed E-state index contributed by atoms with van der Waals surface area (Å²) in [6.07, 6.45) is 3.72. The summed E-state index contributed by atoms with van der Waals surface area (Å²) in [5.74, 6) is -0.0340. The molecule has 1 atom stereocenters. The van der Waals surface area contributed by atoms with Gasteiger partial charge in [0.2, 0.25) is 10.0 Å². The zero-order valence-corrected chi connectivity index (χ0v) is 18.0. The maximum absolute atomic E-state index is 12.5. The van der Waals surface area contributed by atoms with Gasteiger partial charge < -0.3 is 10.0 Å². The number of aldehydes is 1. The number of hydrogen-bond acceptors (Lipinski definition) is 5. The fraction of sp³-hybridized carbons (Fsp3) is 0.263. The molecule has 0 saturated carbocycles. The number of fused-ring (bicyclic) bond motifs is 1. The second kappa shape index (κ2) is 8.85. The monoisotopic (exact) mass is 437 g/mol. The number of benzene rings is 1. The lowest BCUT2D eigenvalue weighted by atomic mass is 10.1. The van der Waals surface area contributed by atoms with E-state index in [4.69, 9.17) is 0 Å². The van der Waals surface area contributed by atoms with Gasteiger partial charge in [-0.05, 0) is 19.1 Å². The third-order valence-electron chi connectivity index (χ3n) is 4.52. The van der Waals surface area contributed by atoms with E-state index in [1.54, 1.807) is 19.2 Å². The molecular formula is C19H23N3O5S2. The molecule has 0 aliphatic rings. The summed E-state index contributed by atoms with van der Waals surface area (Å²) < 4.78 is 40.3. The summed E-state index contributed by atoms with van der Waals surface area (Å²) in [5.41, 5.74) is 2.78. The van der Waals surface area contributed by atoms with Crippen LogP contribution in [0.4, 0.5) is 5.69 Å². The molecule has 0 radical (unpaired) electrons. The van der Waals surface area contributed by atoms with Crippen molar-refractivity contribution in [2.75, 3.05) is 15.2 Å². The van der Waals surface area contributed by atoms with Crippen molar-refractivity contribution < 1.29 is 22.9 Å². The summed E-state index contributed by atoms with van der Waals surface area (Å²) in [4.78, 5) is 16.0. The second-order valence-electron chi connectivity index (χ2n) is 6.13. The number of anilines is 1. The van der Waals surface area contributed by atoms with Crippen LogP contribution in [-0.4, -0.2) is 45.4 Å². The van der Waals surface area contributed by atoms with Gasteiger partial charge in [-0.2, -0.15) is 3.71 Å². The Hall–Kier alpha value is -2.56. The number of carbonyl (C=O) groups excluding carboxylic acids is 1. The lowest BCUT2D eigenvalue weighted by Gasteiger charge is -2.22. The van der Waals surface area contributed by atoms with Gasteiger partial charge in [0.05, 0.1) is 23.3 Å². The molecule has 1 aromatic carbocycles. The molecular weight excluding hydrogens is 414 g/mol. The van der Waals surface area contributed by atoms with Crippen LogP contribution in [0.15, 0.2) is 42.7 Å². The number of hydrogen-bond donors (Lipinski definition) is 0. The Morgan fingerprint density at radius 2 is 1.90 bits per heavy atom. The van der Waals surface area contributed by atoms with E-state index in [9.17, 15) is 17.4 Å². The van der Waals surface area contributed by atoms with Gasteiger partial charge >= 0.3 is 0 Å².